The Bertz CT molecular complexity index is 936. The minimum atomic E-state index is -1.04. The highest BCUT2D eigenvalue weighted by atomic mass is 35.5. The van der Waals surface area contributed by atoms with Gasteiger partial charge in [0.05, 0.1) is 5.02 Å². The minimum Gasteiger partial charge on any atom is -0.482 e. The van der Waals surface area contributed by atoms with Crippen LogP contribution in [0.25, 0.3) is 11.1 Å². The summed E-state index contributed by atoms with van der Waals surface area (Å²) in [4.78, 5) is 15.9. The van der Waals surface area contributed by atoms with Gasteiger partial charge in [-0.1, -0.05) is 23.7 Å². The van der Waals surface area contributed by atoms with Gasteiger partial charge in [0, 0.05) is 29.7 Å². The third kappa shape index (κ3) is 4.34. The summed E-state index contributed by atoms with van der Waals surface area (Å²) in [6.07, 6.45) is 3.38. The fourth-order valence-electron chi connectivity index (χ4n) is 2.25. The van der Waals surface area contributed by atoms with Crippen molar-refractivity contribution in [3.05, 3.63) is 77.6 Å². The quantitative estimate of drug-likeness (QED) is 0.704. The fraction of sp³-hybridized carbons (Fsp3) is 0.0526. The molecule has 0 bridgehead atoms. The van der Waals surface area contributed by atoms with E-state index in [1.807, 2.05) is 12.1 Å². The van der Waals surface area contributed by atoms with Crippen LogP contribution in [0.5, 0.6) is 5.75 Å². The van der Waals surface area contributed by atoms with Gasteiger partial charge in [-0.3, -0.25) is 9.78 Å². The maximum atomic E-state index is 13.1. The molecule has 2 aromatic carbocycles. The molecule has 3 aromatic rings. The van der Waals surface area contributed by atoms with Gasteiger partial charge >= 0.3 is 0 Å². The third-order valence-corrected chi connectivity index (χ3v) is 3.78. The second-order valence-corrected chi connectivity index (χ2v) is 5.76. The number of amides is 1. The van der Waals surface area contributed by atoms with E-state index in [0.717, 1.165) is 23.3 Å². The number of rotatable bonds is 5. The van der Waals surface area contributed by atoms with Crippen molar-refractivity contribution in [2.45, 2.75) is 0 Å². The fourth-order valence-corrected chi connectivity index (χ4v) is 2.48. The van der Waals surface area contributed by atoms with Crippen molar-refractivity contribution in [3.63, 3.8) is 0 Å². The highest BCUT2D eigenvalue weighted by molar-refractivity contribution is 6.32. The Kier molecular flexibility index (Phi) is 5.43. The van der Waals surface area contributed by atoms with Crippen molar-refractivity contribution in [1.29, 1.82) is 0 Å². The Balaban J connectivity index is 1.62. The van der Waals surface area contributed by atoms with E-state index < -0.39 is 17.5 Å². The summed E-state index contributed by atoms with van der Waals surface area (Å²) in [6.45, 7) is -0.328. The van der Waals surface area contributed by atoms with Gasteiger partial charge in [-0.2, -0.15) is 0 Å². The lowest BCUT2D eigenvalue weighted by Gasteiger charge is -2.10. The lowest BCUT2D eigenvalue weighted by atomic mass is 10.1. The number of aromatic nitrogens is 1. The molecular formula is C19H13ClF2N2O2. The molecule has 4 nitrogen and oxygen atoms in total. The molecule has 0 saturated carbocycles. The van der Waals surface area contributed by atoms with Crippen molar-refractivity contribution in [3.8, 4) is 16.9 Å². The van der Waals surface area contributed by atoms with Crippen molar-refractivity contribution in [2.75, 3.05) is 11.9 Å². The summed E-state index contributed by atoms with van der Waals surface area (Å²) in [5, 5.41) is 2.75. The average Bonchev–Trinajstić information content (AvgIpc) is 2.64. The van der Waals surface area contributed by atoms with Crippen LogP contribution in [-0.2, 0) is 4.79 Å². The maximum Gasteiger partial charge on any atom is 0.262 e. The Morgan fingerprint density at radius 1 is 1.08 bits per heavy atom. The number of carbonyl (C=O) groups is 1. The number of anilines is 1. The number of hydrogen-bond acceptors (Lipinski definition) is 3. The van der Waals surface area contributed by atoms with E-state index in [-0.39, 0.29) is 12.3 Å². The van der Waals surface area contributed by atoms with Crippen LogP contribution in [0.2, 0.25) is 5.02 Å². The molecule has 1 heterocycles. The van der Waals surface area contributed by atoms with Crippen LogP contribution in [0, 0.1) is 11.6 Å². The van der Waals surface area contributed by atoms with Crippen molar-refractivity contribution in [1.82, 2.24) is 4.98 Å². The standard InChI is InChI=1S/C19H13ClF2N2O2/c20-15-8-12(13-2-1-7-23-10-13)3-6-18(15)26-11-19(25)24-14-4-5-16(21)17(22)9-14/h1-10H,11H2,(H,24,25). The molecule has 7 heteroatoms. The molecule has 0 aliphatic heterocycles. The number of carbonyl (C=O) groups excluding carboxylic acids is 1. The maximum absolute atomic E-state index is 13.1. The van der Waals surface area contributed by atoms with Crippen LogP contribution in [0.3, 0.4) is 0 Å². The minimum absolute atomic E-state index is 0.135. The molecule has 1 N–H and O–H groups in total. The van der Waals surface area contributed by atoms with Crippen LogP contribution in [0.4, 0.5) is 14.5 Å². The lowest BCUT2D eigenvalue weighted by Crippen LogP contribution is -2.20. The first-order chi connectivity index (χ1) is 12.5. The second-order valence-electron chi connectivity index (χ2n) is 5.35. The monoisotopic (exact) mass is 374 g/mol. The predicted molar refractivity (Wildman–Crippen MR) is 95.2 cm³/mol. The van der Waals surface area contributed by atoms with Gasteiger partial charge < -0.3 is 10.1 Å². The average molecular weight is 375 g/mol. The van der Waals surface area contributed by atoms with Gasteiger partial charge in [0.25, 0.3) is 5.91 Å². The highest BCUT2D eigenvalue weighted by Crippen LogP contribution is 2.30. The normalized spacial score (nSPS) is 10.4. The molecule has 0 unspecified atom stereocenters. The molecular weight excluding hydrogens is 362 g/mol. The van der Waals surface area contributed by atoms with Crippen LogP contribution in [0.15, 0.2) is 60.9 Å². The Morgan fingerprint density at radius 2 is 1.92 bits per heavy atom. The molecule has 0 aliphatic carbocycles. The van der Waals surface area contributed by atoms with Gasteiger partial charge in [-0.05, 0) is 35.9 Å². The third-order valence-electron chi connectivity index (χ3n) is 3.49. The summed E-state index contributed by atoms with van der Waals surface area (Å²) < 4.78 is 31.4. The van der Waals surface area contributed by atoms with E-state index in [1.165, 1.54) is 6.07 Å². The summed E-state index contributed by atoms with van der Waals surface area (Å²) in [5.74, 6) is -2.22. The lowest BCUT2D eigenvalue weighted by molar-refractivity contribution is -0.118. The number of hydrogen-bond donors (Lipinski definition) is 1. The van der Waals surface area contributed by atoms with E-state index in [4.69, 9.17) is 16.3 Å². The summed E-state index contributed by atoms with van der Waals surface area (Å²) >= 11 is 6.19. The number of pyridine rings is 1. The van der Waals surface area contributed by atoms with E-state index in [1.54, 1.807) is 30.6 Å². The van der Waals surface area contributed by atoms with Gasteiger partial charge in [0.1, 0.15) is 5.75 Å². The van der Waals surface area contributed by atoms with Crippen LogP contribution < -0.4 is 10.1 Å². The predicted octanol–water partition coefficient (Wildman–Crippen LogP) is 4.70. The molecule has 1 amide bonds. The molecule has 132 valence electrons. The van der Waals surface area contributed by atoms with Crippen LogP contribution >= 0.6 is 11.6 Å². The van der Waals surface area contributed by atoms with Crippen LogP contribution in [-0.4, -0.2) is 17.5 Å². The number of nitrogens with one attached hydrogen (secondary N) is 1. The second kappa shape index (κ2) is 7.93. The molecule has 1 aromatic heterocycles. The largest absolute Gasteiger partial charge is 0.482 e. The van der Waals surface area contributed by atoms with Gasteiger partial charge in [-0.25, -0.2) is 8.78 Å². The summed E-state index contributed by atoms with van der Waals surface area (Å²) in [7, 11) is 0. The number of nitrogens with zero attached hydrogens (tertiary/aromatic N) is 1. The molecule has 0 spiro atoms. The Labute approximate surface area is 153 Å². The van der Waals surface area contributed by atoms with Crippen molar-refractivity contribution in [2.24, 2.45) is 0 Å². The van der Waals surface area contributed by atoms with Gasteiger partial charge in [-0.15, -0.1) is 0 Å². The zero-order valence-electron chi connectivity index (χ0n) is 13.4. The first-order valence-corrected chi connectivity index (χ1v) is 7.98. The van der Waals surface area contributed by atoms with E-state index in [2.05, 4.69) is 10.3 Å². The first-order valence-electron chi connectivity index (χ1n) is 7.60. The molecule has 0 saturated heterocycles. The molecule has 26 heavy (non-hydrogen) atoms. The molecule has 3 rings (SSSR count). The smallest absolute Gasteiger partial charge is 0.262 e. The first kappa shape index (κ1) is 17.8. The summed E-state index contributed by atoms with van der Waals surface area (Å²) in [5.41, 5.74) is 1.90. The zero-order valence-corrected chi connectivity index (χ0v) is 14.1. The summed E-state index contributed by atoms with van der Waals surface area (Å²) in [6, 6.07) is 11.9. The van der Waals surface area contributed by atoms with Gasteiger partial charge in [0.15, 0.2) is 18.2 Å². The molecule has 0 atom stereocenters. The number of halogens is 3. The Hall–Kier alpha value is -2.99. The zero-order chi connectivity index (χ0) is 18.5. The highest BCUT2D eigenvalue weighted by Gasteiger charge is 2.09. The van der Waals surface area contributed by atoms with Crippen LogP contribution in [0.1, 0.15) is 0 Å². The van der Waals surface area contributed by atoms with E-state index in [9.17, 15) is 13.6 Å². The molecule has 0 fully saturated rings. The molecule has 0 radical (unpaired) electrons. The van der Waals surface area contributed by atoms with Crippen molar-refractivity contribution < 1.29 is 18.3 Å². The SMILES string of the molecule is O=C(COc1ccc(-c2cccnc2)cc1Cl)Nc1ccc(F)c(F)c1. The van der Waals surface area contributed by atoms with Gasteiger partial charge in [0.2, 0.25) is 0 Å². The topological polar surface area (TPSA) is 51.2 Å². The molecule has 0 aliphatic rings. The number of ether oxygens (including phenoxy) is 1. The van der Waals surface area contributed by atoms with Crippen molar-refractivity contribution >= 4 is 23.2 Å². The van der Waals surface area contributed by atoms with E-state index in [0.29, 0.717) is 10.8 Å². The van der Waals surface area contributed by atoms with E-state index >= 15 is 0 Å². The number of benzene rings is 2. The Morgan fingerprint density at radius 3 is 2.62 bits per heavy atom.